The highest BCUT2D eigenvalue weighted by molar-refractivity contribution is 5.85. The van der Waals surface area contributed by atoms with Gasteiger partial charge in [0, 0.05) is 22.5 Å². The standard InChI is InChI=1S/C51H63N/c1-7-10-12-14-16-34-51(35-17-15-13-11-8-2)49-36-39(5)20-32-47(49)48-33-25-43(37-50(48)51)42-23-30-46(31-24-42)52(44-26-18-38(4)19-27-44)45-28-21-41(22-29-45)40(6)9-3/h18-33,36-37,40H,7-17,34-35H2,1-6H3. The molecule has 52 heavy (non-hydrogen) atoms. The molecule has 272 valence electrons. The number of anilines is 3. The highest BCUT2D eigenvalue weighted by atomic mass is 15.1. The maximum Gasteiger partial charge on any atom is 0.0462 e. The van der Waals surface area contributed by atoms with E-state index in [2.05, 4.69) is 156 Å². The van der Waals surface area contributed by atoms with Crippen LogP contribution in [0.2, 0.25) is 0 Å². The molecule has 1 aliphatic rings. The predicted molar refractivity (Wildman–Crippen MR) is 228 cm³/mol. The maximum absolute atomic E-state index is 2.59. The van der Waals surface area contributed by atoms with E-state index in [1.807, 2.05) is 0 Å². The maximum atomic E-state index is 2.59. The molecule has 5 aromatic carbocycles. The lowest BCUT2D eigenvalue weighted by Gasteiger charge is -2.33. The second-order valence-corrected chi connectivity index (χ2v) is 15.8. The van der Waals surface area contributed by atoms with Gasteiger partial charge >= 0.3 is 0 Å². The lowest BCUT2D eigenvalue weighted by molar-refractivity contribution is 0.399. The first-order chi connectivity index (χ1) is 25.4. The van der Waals surface area contributed by atoms with Crippen LogP contribution in [0.5, 0.6) is 0 Å². The van der Waals surface area contributed by atoms with Crippen LogP contribution < -0.4 is 4.90 Å². The topological polar surface area (TPSA) is 3.24 Å². The molecule has 5 aromatic rings. The van der Waals surface area contributed by atoms with Crippen LogP contribution in [0.3, 0.4) is 0 Å². The van der Waals surface area contributed by atoms with E-state index in [1.165, 1.54) is 133 Å². The lowest BCUT2D eigenvalue weighted by atomic mass is 9.70. The van der Waals surface area contributed by atoms with E-state index in [0.717, 1.165) is 6.42 Å². The molecule has 0 spiro atoms. The Labute approximate surface area is 316 Å². The number of benzene rings is 5. The Morgan fingerprint density at radius 1 is 0.481 bits per heavy atom. The number of hydrogen-bond donors (Lipinski definition) is 0. The first kappa shape index (κ1) is 37.7. The third-order valence-electron chi connectivity index (χ3n) is 12.0. The summed E-state index contributed by atoms with van der Waals surface area (Å²) in [6.07, 6.45) is 16.9. The van der Waals surface area contributed by atoms with Crippen LogP contribution in [0.15, 0.2) is 109 Å². The van der Waals surface area contributed by atoms with Gasteiger partial charge in [0.1, 0.15) is 0 Å². The van der Waals surface area contributed by atoms with Crippen LogP contribution in [0.4, 0.5) is 17.1 Å². The van der Waals surface area contributed by atoms with Gasteiger partial charge in [-0.25, -0.2) is 0 Å². The number of aryl methyl sites for hydroxylation is 2. The van der Waals surface area contributed by atoms with Crippen LogP contribution in [-0.4, -0.2) is 0 Å². The minimum absolute atomic E-state index is 0.0920. The third kappa shape index (κ3) is 8.25. The fourth-order valence-corrected chi connectivity index (χ4v) is 8.64. The van der Waals surface area contributed by atoms with Gasteiger partial charge in [0.05, 0.1) is 0 Å². The van der Waals surface area contributed by atoms with Crippen LogP contribution in [-0.2, 0) is 5.41 Å². The molecule has 0 fully saturated rings. The van der Waals surface area contributed by atoms with Crippen LogP contribution >= 0.6 is 0 Å². The summed E-state index contributed by atoms with van der Waals surface area (Å²) in [6, 6.07) is 42.1. The van der Waals surface area contributed by atoms with E-state index in [1.54, 1.807) is 11.1 Å². The molecule has 1 unspecified atom stereocenters. The summed E-state index contributed by atoms with van der Waals surface area (Å²) in [5.41, 5.74) is 16.4. The van der Waals surface area contributed by atoms with E-state index < -0.39 is 0 Å². The Morgan fingerprint density at radius 3 is 1.50 bits per heavy atom. The van der Waals surface area contributed by atoms with Crippen molar-refractivity contribution in [1.82, 2.24) is 0 Å². The smallest absolute Gasteiger partial charge is 0.0462 e. The molecule has 0 aromatic heterocycles. The van der Waals surface area contributed by atoms with Gasteiger partial charge in [0.2, 0.25) is 0 Å². The summed E-state index contributed by atoms with van der Waals surface area (Å²) in [5, 5.41) is 0. The molecule has 0 amide bonds. The zero-order chi connectivity index (χ0) is 36.5. The normalized spacial score (nSPS) is 13.5. The van der Waals surface area contributed by atoms with Crippen molar-refractivity contribution in [2.75, 3.05) is 4.90 Å². The van der Waals surface area contributed by atoms with Crippen molar-refractivity contribution in [1.29, 1.82) is 0 Å². The van der Waals surface area contributed by atoms with Gasteiger partial charge in [0.25, 0.3) is 0 Å². The SMILES string of the molecule is CCCCCCCC1(CCCCCCC)c2cc(C)ccc2-c2ccc(-c3ccc(N(c4ccc(C)cc4)c4ccc(C(C)CC)cc4)cc3)cc21. The molecule has 0 heterocycles. The molecule has 0 N–H and O–H groups in total. The van der Waals surface area contributed by atoms with E-state index in [9.17, 15) is 0 Å². The number of nitrogens with zero attached hydrogens (tertiary/aromatic N) is 1. The summed E-state index contributed by atoms with van der Waals surface area (Å²) >= 11 is 0. The number of hydrogen-bond acceptors (Lipinski definition) is 1. The van der Waals surface area contributed by atoms with Crippen LogP contribution in [0.1, 0.15) is 145 Å². The zero-order valence-electron chi connectivity index (χ0n) is 33.1. The Hall–Kier alpha value is -4.10. The molecule has 6 rings (SSSR count). The van der Waals surface area contributed by atoms with Gasteiger partial charge in [-0.2, -0.15) is 0 Å². The largest absolute Gasteiger partial charge is 0.311 e. The average molecular weight is 690 g/mol. The highest BCUT2D eigenvalue weighted by Gasteiger charge is 2.42. The zero-order valence-corrected chi connectivity index (χ0v) is 33.1. The van der Waals surface area contributed by atoms with Crippen molar-refractivity contribution < 1.29 is 0 Å². The van der Waals surface area contributed by atoms with Gasteiger partial charge in [-0.3, -0.25) is 0 Å². The summed E-state index contributed by atoms with van der Waals surface area (Å²) in [4.78, 5) is 2.40. The highest BCUT2D eigenvalue weighted by Crippen LogP contribution is 2.55. The molecule has 0 aliphatic heterocycles. The fourth-order valence-electron chi connectivity index (χ4n) is 8.64. The molecule has 0 saturated heterocycles. The van der Waals surface area contributed by atoms with Gasteiger partial charge in [-0.05, 0) is 120 Å². The fraction of sp³-hybridized carbons (Fsp3) is 0.412. The second kappa shape index (κ2) is 17.6. The van der Waals surface area contributed by atoms with Crippen molar-refractivity contribution in [2.24, 2.45) is 0 Å². The molecular formula is C51H63N. The molecule has 1 nitrogen and oxygen atoms in total. The Bertz CT molecular complexity index is 1850. The molecule has 1 heteroatoms. The van der Waals surface area contributed by atoms with Crippen molar-refractivity contribution in [3.63, 3.8) is 0 Å². The summed E-state index contributed by atoms with van der Waals surface area (Å²) in [6.45, 7) is 13.7. The van der Waals surface area contributed by atoms with E-state index in [-0.39, 0.29) is 5.41 Å². The molecule has 1 aliphatic carbocycles. The number of fused-ring (bicyclic) bond motifs is 3. The van der Waals surface area contributed by atoms with Crippen molar-refractivity contribution >= 4 is 17.1 Å². The first-order valence-corrected chi connectivity index (χ1v) is 20.7. The van der Waals surface area contributed by atoms with Crippen molar-refractivity contribution in [3.8, 4) is 22.3 Å². The Kier molecular flexibility index (Phi) is 12.8. The molecule has 0 radical (unpaired) electrons. The molecule has 1 atom stereocenters. The molecular weight excluding hydrogens is 627 g/mol. The monoisotopic (exact) mass is 689 g/mol. The molecule has 0 saturated carbocycles. The van der Waals surface area contributed by atoms with Gasteiger partial charge in [-0.1, -0.05) is 170 Å². The first-order valence-electron chi connectivity index (χ1n) is 20.7. The molecule has 0 bridgehead atoms. The Balaban J connectivity index is 1.36. The minimum atomic E-state index is 0.0920. The van der Waals surface area contributed by atoms with Crippen molar-refractivity contribution in [3.05, 3.63) is 137 Å². The minimum Gasteiger partial charge on any atom is -0.311 e. The quantitative estimate of drug-likeness (QED) is 0.0828. The van der Waals surface area contributed by atoms with Crippen LogP contribution in [0, 0.1) is 13.8 Å². The third-order valence-corrected chi connectivity index (χ3v) is 12.0. The summed E-state index contributed by atoms with van der Waals surface area (Å²) in [5.74, 6) is 0.561. The number of unbranched alkanes of at least 4 members (excludes halogenated alkanes) is 8. The average Bonchev–Trinajstić information content (AvgIpc) is 3.43. The van der Waals surface area contributed by atoms with E-state index in [4.69, 9.17) is 0 Å². The number of rotatable bonds is 18. The van der Waals surface area contributed by atoms with Crippen LogP contribution in [0.25, 0.3) is 22.3 Å². The second-order valence-electron chi connectivity index (χ2n) is 15.8. The van der Waals surface area contributed by atoms with Crippen molar-refractivity contribution in [2.45, 2.75) is 136 Å². The Morgan fingerprint density at radius 2 is 0.942 bits per heavy atom. The summed E-state index contributed by atoms with van der Waals surface area (Å²) in [7, 11) is 0. The predicted octanol–water partition coefficient (Wildman–Crippen LogP) is 15.9. The van der Waals surface area contributed by atoms with E-state index in [0.29, 0.717) is 5.92 Å². The lowest BCUT2D eigenvalue weighted by Crippen LogP contribution is -2.25. The van der Waals surface area contributed by atoms with Gasteiger partial charge in [0.15, 0.2) is 0 Å². The van der Waals surface area contributed by atoms with Gasteiger partial charge in [-0.15, -0.1) is 0 Å². The summed E-state index contributed by atoms with van der Waals surface area (Å²) < 4.78 is 0. The van der Waals surface area contributed by atoms with Gasteiger partial charge < -0.3 is 4.90 Å². The van der Waals surface area contributed by atoms with E-state index >= 15 is 0 Å².